The Kier molecular flexibility index (Phi) is 3.71. The van der Waals surface area contributed by atoms with E-state index in [1.165, 1.54) is 0 Å². The van der Waals surface area contributed by atoms with Crippen molar-refractivity contribution < 1.29 is 0 Å². The Labute approximate surface area is 127 Å². The third-order valence-corrected chi connectivity index (χ3v) is 3.20. The summed E-state index contributed by atoms with van der Waals surface area (Å²) in [5, 5.41) is 4.98. The molecule has 0 aliphatic heterocycles. The second-order valence-corrected chi connectivity index (χ2v) is 4.93. The van der Waals surface area contributed by atoms with Crippen LogP contribution in [0.2, 0.25) is 5.02 Å². The quantitative estimate of drug-likeness (QED) is 0.750. The fourth-order valence-corrected chi connectivity index (χ4v) is 2.14. The summed E-state index contributed by atoms with van der Waals surface area (Å²) in [6, 6.07) is 17.3. The molecule has 0 saturated carbocycles. The number of nitrogens with two attached hydrogens (primary N) is 1. The van der Waals surface area contributed by atoms with Crippen molar-refractivity contribution in [2.45, 2.75) is 0 Å². The van der Waals surface area contributed by atoms with E-state index in [4.69, 9.17) is 17.3 Å². The van der Waals surface area contributed by atoms with Gasteiger partial charge in [0.1, 0.15) is 0 Å². The number of hydrogen-bond donors (Lipinski definition) is 1. The smallest absolute Gasteiger partial charge is 0.221 e. The van der Waals surface area contributed by atoms with E-state index in [1.54, 1.807) is 17.1 Å². The van der Waals surface area contributed by atoms with Crippen molar-refractivity contribution in [2.75, 3.05) is 5.73 Å². The van der Waals surface area contributed by atoms with Crippen LogP contribution in [-0.2, 0) is 0 Å². The van der Waals surface area contributed by atoms with Gasteiger partial charge in [-0.25, -0.2) is 9.66 Å². The highest BCUT2D eigenvalue weighted by molar-refractivity contribution is 6.30. The first-order chi connectivity index (χ1) is 10.2. The molecule has 2 N–H and O–H groups in total. The van der Waals surface area contributed by atoms with E-state index in [2.05, 4.69) is 10.1 Å². The number of halogens is 1. The summed E-state index contributed by atoms with van der Waals surface area (Å²) >= 11 is 5.94. The second-order valence-electron chi connectivity index (χ2n) is 4.49. The Morgan fingerprint density at radius 3 is 2.67 bits per heavy atom. The summed E-state index contributed by atoms with van der Waals surface area (Å²) in [4.78, 5) is 4.31. The first-order valence-corrected chi connectivity index (χ1v) is 6.80. The average molecular weight is 297 g/mol. The predicted octanol–water partition coefficient (Wildman–Crippen LogP) is 3.67. The molecule has 21 heavy (non-hydrogen) atoms. The number of nitrogen functional groups attached to an aromatic ring is 1. The topological polar surface area (TPSA) is 56.2 Å². The highest BCUT2D eigenvalue weighted by Crippen LogP contribution is 2.19. The summed E-state index contributed by atoms with van der Waals surface area (Å²) in [7, 11) is 0. The van der Waals surface area contributed by atoms with Gasteiger partial charge < -0.3 is 5.73 Å². The standard InChI is InChI=1S/C16H13ClN4/c17-14-8-4-5-12(9-14)10-19-21-11-15(20-16(21)18)13-6-2-1-3-7-13/h1-11H,(H2,18,20). The van der Waals surface area contributed by atoms with Crippen LogP contribution in [0.15, 0.2) is 65.9 Å². The molecule has 3 rings (SSSR count). The van der Waals surface area contributed by atoms with Gasteiger partial charge in [0.25, 0.3) is 0 Å². The van der Waals surface area contributed by atoms with E-state index >= 15 is 0 Å². The molecular formula is C16H13ClN4. The number of imidazole rings is 1. The van der Waals surface area contributed by atoms with Crippen LogP contribution in [0.1, 0.15) is 5.56 Å². The summed E-state index contributed by atoms with van der Waals surface area (Å²) < 4.78 is 1.54. The molecule has 0 unspecified atom stereocenters. The fourth-order valence-electron chi connectivity index (χ4n) is 1.94. The normalized spacial score (nSPS) is 11.1. The van der Waals surface area contributed by atoms with Gasteiger partial charge in [-0.3, -0.25) is 0 Å². The lowest BCUT2D eigenvalue weighted by atomic mass is 10.2. The monoisotopic (exact) mass is 296 g/mol. The highest BCUT2D eigenvalue weighted by atomic mass is 35.5. The maximum Gasteiger partial charge on any atom is 0.221 e. The zero-order chi connectivity index (χ0) is 14.7. The Morgan fingerprint density at radius 2 is 1.90 bits per heavy atom. The lowest BCUT2D eigenvalue weighted by molar-refractivity contribution is 0.898. The molecule has 3 aromatic rings. The minimum atomic E-state index is 0.340. The van der Waals surface area contributed by atoms with E-state index in [-0.39, 0.29) is 0 Å². The van der Waals surface area contributed by atoms with Gasteiger partial charge in [0.15, 0.2) is 0 Å². The molecule has 4 nitrogen and oxygen atoms in total. The highest BCUT2D eigenvalue weighted by Gasteiger charge is 2.05. The van der Waals surface area contributed by atoms with E-state index in [0.29, 0.717) is 11.0 Å². The second kappa shape index (κ2) is 5.81. The Balaban J connectivity index is 1.88. The van der Waals surface area contributed by atoms with Crippen LogP contribution in [0.4, 0.5) is 5.95 Å². The lowest BCUT2D eigenvalue weighted by Crippen LogP contribution is -1.96. The molecule has 104 valence electrons. The molecule has 0 atom stereocenters. The number of aromatic nitrogens is 2. The first kappa shape index (κ1) is 13.4. The van der Waals surface area contributed by atoms with Gasteiger partial charge in [0.05, 0.1) is 18.1 Å². The van der Waals surface area contributed by atoms with Crippen molar-refractivity contribution in [1.82, 2.24) is 9.66 Å². The van der Waals surface area contributed by atoms with Crippen LogP contribution >= 0.6 is 11.6 Å². The maximum absolute atomic E-state index is 5.94. The van der Waals surface area contributed by atoms with Gasteiger partial charge in [0, 0.05) is 10.6 Å². The number of benzene rings is 2. The molecule has 2 aromatic carbocycles. The summed E-state index contributed by atoms with van der Waals surface area (Å²) in [5.74, 6) is 0.340. The van der Waals surface area contributed by atoms with Crippen LogP contribution in [0.5, 0.6) is 0 Å². The third-order valence-electron chi connectivity index (χ3n) is 2.96. The molecule has 0 spiro atoms. The molecule has 5 heteroatoms. The number of hydrogen-bond acceptors (Lipinski definition) is 3. The van der Waals surface area contributed by atoms with Crippen LogP contribution in [-0.4, -0.2) is 15.9 Å². The van der Waals surface area contributed by atoms with Crippen LogP contribution in [0.25, 0.3) is 11.3 Å². The van der Waals surface area contributed by atoms with Gasteiger partial charge in [-0.1, -0.05) is 54.1 Å². The molecule has 0 bridgehead atoms. The molecule has 0 amide bonds. The van der Waals surface area contributed by atoms with Crippen LogP contribution in [0.3, 0.4) is 0 Å². The van der Waals surface area contributed by atoms with Crippen molar-refractivity contribution in [3.05, 3.63) is 71.4 Å². The number of nitrogens with zero attached hydrogens (tertiary/aromatic N) is 3. The molecule has 0 fully saturated rings. The Bertz CT molecular complexity index is 778. The molecule has 0 aliphatic carbocycles. The van der Waals surface area contributed by atoms with Gasteiger partial charge >= 0.3 is 0 Å². The predicted molar refractivity (Wildman–Crippen MR) is 86.5 cm³/mol. The van der Waals surface area contributed by atoms with Crippen molar-refractivity contribution in [3.63, 3.8) is 0 Å². The van der Waals surface area contributed by atoms with Gasteiger partial charge in [-0.15, -0.1) is 0 Å². The van der Waals surface area contributed by atoms with Crippen molar-refractivity contribution in [2.24, 2.45) is 5.10 Å². The summed E-state index contributed by atoms with van der Waals surface area (Å²) in [6.45, 7) is 0. The van der Waals surface area contributed by atoms with Gasteiger partial charge in [-0.2, -0.15) is 5.10 Å². The molecule has 1 heterocycles. The Hall–Kier alpha value is -2.59. The molecule has 1 aromatic heterocycles. The largest absolute Gasteiger partial charge is 0.368 e. The van der Waals surface area contributed by atoms with Crippen molar-refractivity contribution >= 4 is 23.8 Å². The van der Waals surface area contributed by atoms with E-state index in [1.807, 2.05) is 54.6 Å². The maximum atomic E-state index is 5.94. The third kappa shape index (κ3) is 3.12. The Morgan fingerprint density at radius 1 is 1.10 bits per heavy atom. The minimum Gasteiger partial charge on any atom is -0.368 e. The molecule has 0 aliphatic rings. The molecular weight excluding hydrogens is 284 g/mol. The van der Waals surface area contributed by atoms with Crippen molar-refractivity contribution in [1.29, 1.82) is 0 Å². The molecule has 0 radical (unpaired) electrons. The zero-order valence-corrected chi connectivity index (χ0v) is 11.9. The number of rotatable bonds is 3. The van der Waals surface area contributed by atoms with E-state index in [0.717, 1.165) is 16.8 Å². The van der Waals surface area contributed by atoms with Crippen molar-refractivity contribution in [3.8, 4) is 11.3 Å². The van der Waals surface area contributed by atoms with E-state index < -0.39 is 0 Å². The summed E-state index contributed by atoms with van der Waals surface area (Å²) in [6.07, 6.45) is 3.49. The zero-order valence-electron chi connectivity index (χ0n) is 11.1. The van der Waals surface area contributed by atoms with Gasteiger partial charge in [0.2, 0.25) is 5.95 Å². The van der Waals surface area contributed by atoms with Crippen LogP contribution in [0, 0.1) is 0 Å². The summed E-state index contributed by atoms with van der Waals surface area (Å²) in [5.41, 5.74) is 8.57. The first-order valence-electron chi connectivity index (χ1n) is 6.42. The number of anilines is 1. The fraction of sp³-hybridized carbons (Fsp3) is 0. The van der Waals surface area contributed by atoms with Crippen LogP contribution < -0.4 is 5.73 Å². The minimum absolute atomic E-state index is 0.340. The SMILES string of the molecule is Nc1nc(-c2ccccc2)cn1N=Cc1cccc(Cl)c1. The lowest BCUT2D eigenvalue weighted by Gasteiger charge is -1.96. The molecule has 0 saturated heterocycles. The average Bonchev–Trinajstić information content (AvgIpc) is 2.87. The van der Waals surface area contributed by atoms with E-state index in [9.17, 15) is 0 Å². The van der Waals surface area contributed by atoms with Gasteiger partial charge in [-0.05, 0) is 17.7 Å².